The van der Waals surface area contributed by atoms with Crippen LogP contribution in [0.1, 0.15) is 62.1 Å². The van der Waals surface area contributed by atoms with Crippen LogP contribution < -0.4 is 5.73 Å². The fourth-order valence-electron chi connectivity index (χ4n) is 0.855. The molecule has 0 saturated carbocycles. The van der Waals surface area contributed by atoms with E-state index in [1.807, 2.05) is 0 Å². The molecule has 0 aromatic rings. The highest BCUT2D eigenvalue weighted by Gasteiger charge is 2.44. The summed E-state index contributed by atoms with van der Waals surface area (Å²) in [6.07, 6.45) is -7.79. The average Bonchev–Trinajstić information content (AvgIpc) is 2.28. The van der Waals surface area contributed by atoms with Crippen LogP contribution in [-0.4, -0.2) is 22.2 Å². The van der Waals surface area contributed by atoms with Crippen LogP contribution in [-0.2, 0) is 5.21 Å². The molecule has 0 aromatic heterocycles. The summed E-state index contributed by atoms with van der Waals surface area (Å²) in [5, 5.41) is 11.9. The topological polar surface area (TPSA) is 49.2 Å². The molecule has 0 atom stereocenters. The molecular weight excluding hydrogens is 152 g/mol. The largest absolute Gasteiger partial charge is 0.328 e. The summed E-state index contributed by atoms with van der Waals surface area (Å²) < 4.78 is 123. The predicted molar refractivity (Wildman–Crippen MR) is 47.9 cm³/mol. The molecule has 12 heavy (non-hydrogen) atoms. The summed E-state index contributed by atoms with van der Waals surface area (Å²) in [7, 11) is 0. The summed E-state index contributed by atoms with van der Waals surface area (Å²) in [6.45, 7) is -16.5. The number of hydroxylamine groups is 2. The lowest BCUT2D eigenvalue weighted by Crippen LogP contribution is -2.61. The smallest absolute Gasteiger partial charge is 0.0458 e. The Morgan fingerprint density at radius 2 is 1.83 bits per heavy atom. The molecule has 3 heteroatoms. The van der Waals surface area contributed by atoms with E-state index < -0.39 is 62.3 Å². The zero-order valence-corrected chi connectivity index (χ0v) is 6.01. The van der Waals surface area contributed by atoms with Gasteiger partial charge in [-0.2, -0.15) is 0 Å². The molecule has 0 aliphatic carbocycles. The zero-order chi connectivity index (χ0) is 23.2. The maximum absolute atomic E-state index is 13.3. The summed E-state index contributed by atoms with van der Waals surface area (Å²) in [6, 6.07) is -2.91. The number of hydrogen-bond donors (Lipinski definition) is 1. The summed E-state index contributed by atoms with van der Waals surface area (Å²) in [5.74, 6) is 0. The van der Waals surface area contributed by atoms with Gasteiger partial charge in [-0.05, 0) is 40.2 Å². The molecule has 1 aliphatic heterocycles. The van der Waals surface area contributed by atoms with E-state index in [0.29, 0.717) is 0 Å². The van der Waals surface area contributed by atoms with E-state index in [2.05, 4.69) is 0 Å². The summed E-state index contributed by atoms with van der Waals surface area (Å²) in [5.41, 5.74) is -3.11. The van der Waals surface area contributed by atoms with E-state index in [4.69, 9.17) is 27.7 Å². The molecule has 1 radical (unpaired) electrons. The average molecular weight is 187 g/mol. The SMILES string of the molecule is [2H]C([2H])([2H])C1(C([2H])([2H])[2H])N([O])C(C([2H])([2H])[2H])(C([2H])([2H])[2H])C([2H])([2H])C(N)C1([2H])[2H]. The molecule has 1 saturated heterocycles. The fourth-order valence-corrected chi connectivity index (χ4v) is 0.855. The monoisotopic (exact) mass is 187 g/mol. The van der Waals surface area contributed by atoms with Crippen molar-refractivity contribution in [2.75, 3.05) is 0 Å². The van der Waals surface area contributed by atoms with Gasteiger partial charge >= 0.3 is 0 Å². The third-order valence-electron chi connectivity index (χ3n) is 1.34. The first-order chi connectivity index (χ1) is 11.8. The standard InChI is InChI=1S/C9H19N2O/c1-8(2)5-7(10)6-9(3,4)11(8)12/h7H,5-6,10H2,1-4H3/i1D3,2D3,3D3,4D3,5D2,6D2. The highest BCUT2D eigenvalue weighted by atomic mass is 16.5. The first-order valence-corrected chi connectivity index (χ1v) is 3.04. The number of hydrogen-bond acceptors (Lipinski definition) is 2. The number of nitrogens with two attached hydrogens (primary N) is 1. The first kappa shape index (κ1) is 1.81. The van der Waals surface area contributed by atoms with Crippen LogP contribution in [0.3, 0.4) is 0 Å². The molecule has 0 amide bonds. The Morgan fingerprint density at radius 3 is 2.17 bits per heavy atom. The Kier molecular flexibility index (Phi) is 0.405. The van der Waals surface area contributed by atoms with Crippen molar-refractivity contribution in [3.05, 3.63) is 0 Å². The molecule has 1 fully saturated rings. The van der Waals surface area contributed by atoms with Gasteiger partial charge in [0.1, 0.15) is 0 Å². The maximum Gasteiger partial charge on any atom is 0.0458 e. The van der Waals surface area contributed by atoms with Crippen molar-refractivity contribution >= 4 is 0 Å². The van der Waals surface area contributed by atoms with E-state index in [0.717, 1.165) is 0 Å². The van der Waals surface area contributed by atoms with Crippen LogP contribution in [0.15, 0.2) is 0 Å². The normalized spacial score (nSPS) is 62.8. The number of rotatable bonds is 0. The van der Waals surface area contributed by atoms with Crippen molar-refractivity contribution in [1.82, 2.24) is 5.06 Å². The molecule has 0 spiro atoms. The Bertz CT molecular complexity index is 532. The minimum Gasteiger partial charge on any atom is -0.328 e. The van der Waals surface area contributed by atoms with Gasteiger partial charge in [-0.1, -0.05) is 0 Å². The van der Waals surface area contributed by atoms with E-state index in [1.54, 1.807) is 0 Å². The van der Waals surface area contributed by atoms with E-state index in [1.165, 1.54) is 0 Å². The predicted octanol–water partition coefficient (Wildman–Crippen LogP) is 1.31. The Labute approximate surface area is 97.0 Å². The molecule has 71 valence electrons. The van der Waals surface area contributed by atoms with Gasteiger partial charge in [0, 0.05) is 39.1 Å². The van der Waals surface area contributed by atoms with Crippen molar-refractivity contribution < 1.29 is 27.1 Å². The third-order valence-corrected chi connectivity index (χ3v) is 1.34. The van der Waals surface area contributed by atoms with Crippen LogP contribution in [0.5, 0.6) is 0 Å². The lowest BCUT2D eigenvalue weighted by atomic mass is 9.79. The van der Waals surface area contributed by atoms with Gasteiger partial charge in [0.25, 0.3) is 0 Å². The highest BCUT2D eigenvalue weighted by molar-refractivity contribution is 4.97. The van der Waals surface area contributed by atoms with Crippen LogP contribution in [0, 0.1) is 0 Å². The number of piperidine rings is 1. The Balaban J connectivity index is 4.38. The summed E-state index contributed by atoms with van der Waals surface area (Å²) >= 11 is 0. The highest BCUT2D eigenvalue weighted by Crippen LogP contribution is 2.35. The van der Waals surface area contributed by atoms with Crippen LogP contribution in [0.4, 0.5) is 0 Å². The van der Waals surface area contributed by atoms with Crippen LogP contribution >= 0.6 is 0 Å². The van der Waals surface area contributed by atoms with E-state index >= 15 is 0 Å². The van der Waals surface area contributed by atoms with Crippen molar-refractivity contribution in [3.63, 3.8) is 0 Å². The second-order valence-corrected chi connectivity index (χ2v) is 2.48. The minimum atomic E-state index is -4.29. The Hall–Kier alpha value is -0.120. The molecule has 0 unspecified atom stereocenters. The van der Waals surface area contributed by atoms with E-state index in [-0.39, 0.29) is 0 Å². The fraction of sp³-hybridized carbons (Fsp3) is 1.00. The van der Waals surface area contributed by atoms with Gasteiger partial charge in [-0.25, -0.2) is 0 Å². The van der Waals surface area contributed by atoms with Gasteiger partial charge in [-0.3, -0.25) is 0 Å². The van der Waals surface area contributed by atoms with Gasteiger partial charge in [0.05, 0.1) is 0 Å². The minimum absolute atomic E-state index is 1.41. The molecule has 0 bridgehead atoms. The first-order valence-electron chi connectivity index (χ1n) is 11.0. The quantitative estimate of drug-likeness (QED) is 0.621. The molecule has 1 rings (SSSR count). The van der Waals surface area contributed by atoms with Crippen molar-refractivity contribution in [2.24, 2.45) is 5.73 Å². The van der Waals surface area contributed by atoms with Crippen LogP contribution in [0.25, 0.3) is 0 Å². The molecule has 3 nitrogen and oxygen atoms in total. The van der Waals surface area contributed by atoms with Crippen LogP contribution in [0.2, 0.25) is 0 Å². The van der Waals surface area contributed by atoms with Gasteiger partial charge in [-0.15, -0.1) is 10.3 Å². The second kappa shape index (κ2) is 2.69. The van der Waals surface area contributed by atoms with Gasteiger partial charge in [0.2, 0.25) is 0 Å². The second-order valence-electron chi connectivity index (χ2n) is 2.48. The van der Waals surface area contributed by atoms with Crippen molar-refractivity contribution in [2.45, 2.75) is 57.3 Å². The lowest BCUT2D eigenvalue weighted by molar-refractivity contribution is -0.288. The third kappa shape index (κ3) is 1.63. The molecule has 1 heterocycles. The maximum atomic E-state index is 13.3. The molecule has 2 N–H and O–H groups in total. The molecular formula is C9H19N2O. The molecule has 1 aliphatic rings. The molecule has 0 aromatic carbocycles. The van der Waals surface area contributed by atoms with E-state index in [9.17, 15) is 5.21 Å². The Morgan fingerprint density at radius 1 is 1.42 bits per heavy atom. The lowest BCUT2D eigenvalue weighted by Gasteiger charge is -2.49. The zero-order valence-electron chi connectivity index (χ0n) is 22.0. The number of nitrogens with zero attached hydrogens (tertiary/aromatic N) is 1. The van der Waals surface area contributed by atoms with Crippen molar-refractivity contribution in [3.8, 4) is 0 Å². The van der Waals surface area contributed by atoms with Gasteiger partial charge < -0.3 is 5.73 Å². The van der Waals surface area contributed by atoms with Crippen molar-refractivity contribution in [1.29, 1.82) is 0 Å². The summed E-state index contributed by atoms with van der Waals surface area (Å²) in [4.78, 5) is 0. The van der Waals surface area contributed by atoms with Gasteiger partial charge in [0.15, 0.2) is 0 Å².